The van der Waals surface area contributed by atoms with Crippen LogP contribution in [0.15, 0.2) is 0 Å². The molecule has 0 aromatic rings. The summed E-state index contributed by atoms with van der Waals surface area (Å²) in [4.78, 5) is 14.2. The van der Waals surface area contributed by atoms with Crippen LogP contribution in [0, 0.1) is 0 Å². The van der Waals surface area contributed by atoms with Crippen LogP contribution in [-0.2, 0) is 4.79 Å². The molecule has 0 atom stereocenters. The maximum Gasteiger partial charge on any atom is 0.234 e. The minimum atomic E-state index is 0.0926. The van der Waals surface area contributed by atoms with Gasteiger partial charge in [0.15, 0.2) is 0 Å². The Morgan fingerprint density at radius 3 is 2.53 bits per heavy atom. The number of nitrogens with two attached hydrogens (primary N) is 1. The van der Waals surface area contributed by atoms with E-state index in [9.17, 15) is 4.79 Å². The Morgan fingerprint density at radius 1 is 1.35 bits per heavy atom. The lowest BCUT2D eigenvalue weighted by molar-refractivity contribution is -0.122. The number of nitrogens with one attached hydrogen (secondary N) is 1. The fourth-order valence-corrected chi connectivity index (χ4v) is 2.41. The Morgan fingerprint density at radius 2 is 2.00 bits per heavy atom. The number of rotatable bonds is 6. The molecule has 0 spiro atoms. The molecule has 5 heteroatoms. The summed E-state index contributed by atoms with van der Waals surface area (Å²) in [6.45, 7) is 3.70. The van der Waals surface area contributed by atoms with Gasteiger partial charge in [0.1, 0.15) is 0 Å². The van der Waals surface area contributed by atoms with Crippen LogP contribution < -0.4 is 11.1 Å². The van der Waals surface area contributed by atoms with Crippen LogP contribution in [-0.4, -0.2) is 41.5 Å². The van der Waals surface area contributed by atoms with Crippen LogP contribution >= 0.6 is 12.2 Å². The molecular weight excluding hydrogens is 234 g/mol. The van der Waals surface area contributed by atoms with Crippen molar-refractivity contribution in [1.29, 1.82) is 0 Å². The SMILES string of the molecule is CCN(CC(=O)NC1CCCCC1)CC(N)=S. The van der Waals surface area contributed by atoms with E-state index < -0.39 is 0 Å². The lowest BCUT2D eigenvalue weighted by Crippen LogP contribution is -2.44. The largest absolute Gasteiger partial charge is 0.392 e. The first-order chi connectivity index (χ1) is 8.11. The first-order valence-corrected chi connectivity index (χ1v) is 6.82. The molecule has 1 saturated carbocycles. The maximum absolute atomic E-state index is 11.8. The molecule has 0 bridgehead atoms. The van der Waals surface area contributed by atoms with Gasteiger partial charge in [-0.05, 0) is 19.4 Å². The molecule has 0 heterocycles. The van der Waals surface area contributed by atoms with Crippen molar-refractivity contribution in [3.05, 3.63) is 0 Å². The molecule has 1 aliphatic carbocycles. The van der Waals surface area contributed by atoms with Crippen molar-refractivity contribution in [2.45, 2.75) is 45.1 Å². The highest BCUT2D eigenvalue weighted by atomic mass is 32.1. The van der Waals surface area contributed by atoms with Gasteiger partial charge in [-0.3, -0.25) is 9.69 Å². The van der Waals surface area contributed by atoms with Gasteiger partial charge >= 0.3 is 0 Å². The molecule has 0 aromatic carbocycles. The van der Waals surface area contributed by atoms with Crippen LogP contribution in [0.2, 0.25) is 0 Å². The Kier molecular flexibility index (Phi) is 6.44. The molecule has 17 heavy (non-hydrogen) atoms. The smallest absolute Gasteiger partial charge is 0.234 e. The Bertz CT molecular complexity index is 264. The van der Waals surface area contributed by atoms with Crippen LogP contribution in [0.1, 0.15) is 39.0 Å². The Balaban J connectivity index is 2.28. The van der Waals surface area contributed by atoms with Gasteiger partial charge in [0.2, 0.25) is 5.91 Å². The molecule has 1 fully saturated rings. The van der Waals surface area contributed by atoms with Gasteiger partial charge in [0, 0.05) is 12.6 Å². The van der Waals surface area contributed by atoms with Crippen molar-refractivity contribution in [2.24, 2.45) is 5.73 Å². The number of carbonyl (C=O) groups is 1. The number of nitrogens with zero attached hydrogens (tertiary/aromatic N) is 1. The second kappa shape index (κ2) is 7.61. The lowest BCUT2D eigenvalue weighted by atomic mass is 9.95. The number of likely N-dealkylation sites (N-methyl/N-ethyl adjacent to an activating group) is 1. The summed E-state index contributed by atoms with van der Waals surface area (Å²) in [5, 5.41) is 3.09. The molecule has 0 saturated heterocycles. The Labute approximate surface area is 109 Å². The molecule has 1 aliphatic rings. The topological polar surface area (TPSA) is 58.4 Å². The lowest BCUT2D eigenvalue weighted by Gasteiger charge is -2.25. The predicted octanol–water partition coefficient (Wildman–Crippen LogP) is 1.04. The fourth-order valence-electron chi connectivity index (χ4n) is 2.22. The van der Waals surface area contributed by atoms with E-state index in [-0.39, 0.29) is 5.91 Å². The van der Waals surface area contributed by atoms with E-state index in [4.69, 9.17) is 18.0 Å². The van der Waals surface area contributed by atoms with Gasteiger partial charge in [-0.25, -0.2) is 0 Å². The van der Waals surface area contributed by atoms with E-state index in [1.807, 2.05) is 11.8 Å². The molecule has 98 valence electrons. The first kappa shape index (κ1) is 14.4. The van der Waals surface area contributed by atoms with Gasteiger partial charge in [0.25, 0.3) is 0 Å². The molecule has 0 radical (unpaired) electrons. The van der Waals surface area contributed by atoms with Gasteiger partial charge in [-0.15, -0.1) is 0 Å². The highest BCUT2D eigenvalue weighted by Crippen LogP contribution is 2.17. The average molecular weight is 257 g/mol. The molecule has 1 rings (SSSR count). The van der Waals surface area contributed by atoms with E-state index in [0.717, 1.165) is 19.4 Å². The van der Waals surface area contributed by atoms with Crippen LogP contribution in [0.4, 0.5) is 0 Å². The second-order valence-electron chi connectivity index (χ2n) is 4.67. The summed E-state index contributed by atoms with van der Waals surface area (Å²) in [5.41, 5.74) is 5.49. The highest BCUT2D eigenvalue weighted by Gasteiger charge is 2.17. The third kappa shape index (κ3) is 5.98. The first-order valence-electron chi connectivity index (χ1n) is 6.41. The van der Waals surface area contributed by atoms with Gasteiger partial charge < -0.3 is 11.1 Å². The monoisotopic (exact) mass is 257 g/mol. The van der Waals surface area contributed by atoms with Crippen LogP contribution in [0.25, 0.3) is 0 Å². The zero-order chi connectivity index (χ0) is 12.7. The van der Waals surface area contributed by atoms with E-state index in [1.54, 1.807) is 0 Å². The van der Waals surface area contributed by atoms with Crippen molar-refractivity contribution in [2.75, 3.05) is 19.6 Å². The maximum atomic E-state index is 11.8. The molecule has 0 unspecified atom stereocenters. The predicted molar refractivity (Wildman–Crippen MR) is 73.9 cm³/mol. The highest BCUT2D eigenvalue weighted by molar-refractivity contribution is 7.80. The molecule has 4 nitrogen and oxygen atoms in total. The number of hydrogen-bond donors (Lipinski definition) is 2. The van der Waals surface area contributed by atoms with Crippen LogP contribution in [0.5, 0.6) is 0 Å². The minimum Gasteiger partial charge on any atom is -0.392 e. The van der Waals surface area contributed by atoms with E-state index in [2.05, 4.69) is 5.32 Å². The summed E-state index contributed by atoms with van der Waals surface area (Å²) >= 11 is 4.86. The van der Waals surface area contributed by atoms with Gasteiger partial charge in [-0.2, -0.15) is 0 Å². The fraction of sp³-hybridized carbons (Fsp3) is 0.833. The molecule has 3 N–H and O–H groups in total. The van der Waals surface area contributed by atoms with Crippen LogP contribution in [0.3, 0.4) is 0 Å². The third-order valence-electron chi connectivity index (χ3n) is 3.16. The van der Waals surface area contributed by atoms with Crippen molar-refractivity contribution in [1.82, 2.24) is 10.2 Å². The molecule has 1 amide bonds. The summed E-state index contributed by atoms with van der Waals surface area (Å²) in [5.74, 6) is 0.0926. The van der Waals surface area contributed by atoms with Gasteiger partial charge in [-0.1, -0.05) is 38.4 Å². The van der Waals surface area contributed by atoms with Crippen molar-refractivity contribution in [3.8, 4) is 0 Å². The zero-order valence-corrected chi connectivity index (χ0v) is 11.4. The number of amides is 1. The van der Waals surface area contributed by atoms with E-state index in [0.29, 0.717) is 24.1 Å². The number of thiocarbonyl (C=S) groups is 1. The summed E-state index contributed by atoms with van der Waals surface area (Å²) in [7, 11) is 0. The Hall–Kier alpha value is -0.680. The molecule has 0 aromatic heterocycles. The summed E-state index contributed by atoms with van der Waals surface area (Å²) in [6.07, 6.45) is 6.00. The zero-order valence-electron chi connectivity index (χ0n) is 10.6. The number of carbonyl (C=O) groups excluding carboxylic acids is 1. The number of hydrogen-bond acceptors (Lipinski definition) is 3. The van der Waals surface area contributed by atoms with Crippen molar-refractivity contribution in [3.63, 3.8) is 0 Å². The van der Waals surface area contributed by atoms with E-state index >= 15 is 0 Å². The third-order valence-corrected chi connectivity index (χ3v) is 3.29. The summed E-state index contributed by atoms with van der Waals surface area (Å²) in [6, 6.07) is 0.375. The van der Waals surface area contributed by atoms with Crippen molar-refractivity contribution < 1.29 is 4.79 Å². The quantitative estimate of drug-likeness (QED) is 0.698. The van der Waals surface area contributed by atoms with Crippen molar-refractivity contribution >= 4 is 23.1 Å². The molecular formula is C12H23N3OS. The van der Waals surface area contributed by atoms with E-state index in [1.165, 1.54) is 19.3 Å². The van der Waals surface area contributed by atoms with Gasteiger partial charge in [0.05, 0.1) is 11.5 Å². The standard InChI is InChI=1S/C12H23N3OS/c1-2-15(8-11(13)17)9-12(16)14-10-6-4-3-5-7-10/h10H,2-9H2,1H3,(H2,13,17)(H,14,16). The second-order valence-corrected chi connectivity index (χ2v) is 5.20. The average Bonchev–Trinajstić information content (AvgIpc) is 2.28. The minimum absolute atomic E-state index is 0.0926. The summed E-state index contributed by atoms with van der Waals surface area (Å²) < 4.78 is 0. The normalized spacial score (nSPS) is 17.1. The molecule has 0 aliphatic heterocycles.